The second-order valence-electron chi connectivity index (χ2n) is 4.98. The Labute approximate surface area is 121 Å². The van der Waals surface area contributed by atoms with Crippen molar-refractivity contribution in [2.45, 2.75) is 0 Å². The van der Waals surface area contributed by atoms with Crippen LogP contribution in [0.2, 0.25) is 0 Å². The lowest BCUT2D eigenvalue weighted by molar-refractivity contribution is 0.580. The topological polar surface area (TPSA) is 82.6 Å². The number of aromatic amines is 1. The highest BCUT2D eigenvalue weighted by atomic mass is 15.4. The smallest absolute Gasteiger partial charge is 0.245 e. The maximum absolute atomic E-state index is 4.59. The molecule has 7 heteroatoms. The molecule has 21 heavy (non-hydrogen) atoms. The molecule has 0 unspecified atom stereocenters. The van der Waals surface area contributed by atoms with Crippen LogP contribution in [0.4, 0.5) is 5.95 Å². The summed E-state index contributed by atoms with van der Waals surface area (Å²) in [5.74, 6) is 1.52. The summed E-state index contributed by atoms with van der Waals surface area (Å²) in [6, 6.07) is 5.91. The summed E-state index contributed by atoms with van der Waals surface area (Å²) in [4.78, 5) is 15.4. The van der Waals surface area contributed by atoms with Crippen molar-refractivity contribution < 1.29 is 0 Å². The highest BCUT2D eigenvalue weighted by Crippen LogP contribution is 2.21. The number of hydrogen-bond acceptors (Lipinski definition) is 6. The van der Waals surface area contributed by atoms with Crippen molar-refractivity contribution in [3.05, 3.63) is 30.6 Å². The monoisotopic (exact) mass is 281 g/mol. The number of rotatable bonds is 2. The Morgan fingerprint density at radius 1 is 1.00 bits per heavy atom. The zero-order valence-corrected chi connectivity index (χ0v) is 11.5. The van der Waals surface area contributed by atoms with Gasteiger partial charge in [0.05, 0.1) is 11.0 Å². The number of nitrogens with one attached hydrogen (secondary N) is 2. The largest absolute Gasteiger partial charge is 0.337 e. The Balaban J connectivity index is 1.67. The number of anilines is 1. The van der Waals surface area contributed by atoms with E-state index < -0.39 is 0 Å². The van der Waals surface area contributed by atoms with Crippen LogP contribution in [0.3, 0.4) is 0 Å². The van der Waals surface area contributed by atoms with E-state index >= 15 is 0 Å². The third-order valence-corrected chi connectivity index (χ3v) is 3.62. The van der Waals surface area contributed by atoms with E-state index in [9.17, 15) is 0 Å². The number of aromatic nitrogens is 5. The fraction of sp³-hybridized carbons (Fsp3) is 0.286. The van der Waals surface area contributed by atoms with Crippen molar-refractivity contribution in [1.82, 2.24) is 30.5 Å². The van der Waals surface area contributed by atoms with E-state index in [-0.39, 0.29) is 0 Å². The Hall–Kier alpha value is -2.54. The molecular formula is C14H15N7. The Morgan fingerprint density at radius 3 is 2.67 bits per heavy atom. The molecule has 2 aromatic heterocycles. The summed E-state index contributed by atoms with van der Waals surface area (Å²) in [6.07, 6.45) is 3.39. The second-order valence-corrected chi connectivity index (χ2v) is 4.98. The number of nitrogens with zero attached hydrogens (tertiary/aromatic N) is 5. The maximum atomic E-state index is 4.59. The molecule has 0 atom stereocenters. The van der Waals surface area contributed by atoms with E-state index in [1.807, 2.05) is 18.2 Å². The average Bonchev–Trinajstić information content (AvgIpc) is 3.05. The highest BCUT2D eigenvalue weighted by Gasteiger charge is 2.15. The normalized spacial score (nSPS) is 15.5. The van der Waals surface area contributed by atoms with Crippen LogP contribution in [0.5, 0.6) is 0 Å². The first-order valence-corrected chi connectivity index (χ1v) is 6.99. The predicted molar refractivity (Wildman–Crippen MR) is 80.0 cm³/mol. The fourth-order valence-electron chi connectivity index (χ4n) is 2.50. The van der Waals surface area contributed by atoms with Gasteiger partial charge >= 0.3 is 0 Å². The van der Waals surface area contributed by atoms with Crippen molar-refractivity contribution >= 4 is 17.0 Å². The number of hydrogen-bond donors (Lipinski definition) is 2. The summed E-state index contributed by atoms with van der Waals surface area (Å²) in [7, 11) is 0. The van der Waals surface area contributed by atoms with Crippen LogP contribution in [0.25, 0.3) is 22.4 Å². The summed E-state index contributed by atoms with van der Waals surface area (Å²) in [5.41, 5.74) is 2.70. The van der Waals surface area contributed by atoms with E-state index in [4.69, 9.17) is 0 Å². The van der Waals surface area contributed by atoms with Gasteiger partial charge in [0.25, 0.3) is 0 Å². The third kappa shape index (κ3) is 2.31. The summed E-state index contributed by atoms with van der Waals surface area (Å²) >= 11 is 0. The minimum absolute atomic E-state index is 0.755. The number of piperazine rings is 1. The Bertz CT molecular complexity index is 761. The van der Waals surface area contributed by atoms with Crippen molar-refractivity contribution in [2.75, 3.05) is 31.1 Å². The van der Waals surface area contributed by atoms with Crippen molar-refractivity contribution in [2.24, 2.45) is 0 Å². The van der Waals surface area contributed by atoms with Crippen LogP contribution in [-0.4, -0.2) is 51.3 Å². The zero-order valence-electron chi connectivity index (χ0n) is 11.5. The van der Waals surface area contributed by atoms with Gasteiger partial charge in [0.2, 0.25) is 5.95 Å². The summed E-state index contributed by atoms with van der Waals surface area (Å²) < 4.78 is 0. The SMILES string of the molecule is c1cnc2cc(-c3nc(N4CCNCC4)n[nH]3)ccc2n1. The molecule has 0 radical (unpaired) electrons. The predicted octanol–water partition coefficient (Wildman–Crippen LogP) is 0.824. The first-order valence-electron chi connectivity index (χ1n) is 6.99. The van der Waals surface area contributed by atoms with Crippen LogP contribution in [0.15, 0.2) is 30.6 Å². The van der Waals surface area contributed by atoms with E-state index in [1.54, 1.807) is 12.4 Å². The van der Waals surface area contributed by atoms with Crippen LogP contribution in [0, 0.1) is 0 Å². The molecule has 0 aliphatic carbocycles. The molecule has 3 heterocycles. The van der Waals surface area contributed by atoms with Gasteiger partial charge in [0, 0.05) is 44.1 Å². The van der Waals surface area contributed by atoms with Crippen LogP contribution >= 0.6 is 0 Å². The van der Waals surface area contributed by atoms with Gasteiger partial charge in [-0.1, -0.05) is 0 Å². The number of fused-ring (bicyclic) bond motifs is 1. The molecule has 1 fully saturated rings. The minimum atomic E-state index is 0.755. The zero-order chi connectivity index (χ0) is 14.1. The van der Waals surface area contributed by atoms with Crippen LogP contribution < -0.4 is 10.2 Å². The molecule has 0 saturated carbocycles. The molecule has 1 saturated heterocycles. The average molecular weight is 281 g/mol. The van der Waals surface area contributed by atoms with Crippen LogP contribution in [0.1, 0.15) is 0 Å². The quantitative estimate of drug-likeness (QED) is 0.724. The van der Waals surface area contributed by atoms with Gasteiger partial charge in [-0.15, -0.1) is 5.10 Å². The van der Waals surface area contributed by atoms with E-state index in [0.717, 1.165) is 54.5 Å². The maximum Gasteiger partial charge on any atom is 0.245 e. The number of H-pyrrole nitrogens is 1. The fourth-order valence-corrected chi connectivity index (χ4v) is 2.50. The molecule has 2 N–H and O–H groups in total. The molecule has 3 aromatic rings. The van der Waals surface area contributed by atoms with Crippen molar-refractivity contribution in [3.8, 4) is 11.4 Å². The Kier molecular flexibility index (Phi) is 2.97. The molecule has 106 valence electrons. The first kappa shape index (κ1) is 12.2. The lowest BCUT2D eigenvalue weighted by Crippen LogP contribution is -2.44. The van der Waals surface area contributed by atoms with E-state index in [2.05, 4.69) is 35.4 Å². The van der Waals surface area contributed by atoms with Gasteiger partial charge in [-0.25, -0.2) is 0 Å². The highest BCUT2D eigenvalue weighted by molar-refractivity contribution is 5.79. The molecule has 0 amide bonds. The van der Waals surface area contributed by atoms with Gasteiger partial charge in [0.1, 0.15) is 0 Å². The van der Waals surface area contributed by atoms with Crippen molar-refractivity contribution in [3.63, 3.8) is 0 Å². The molecule has 1 aliphatic heterocycles. The second kappa shape index (κ2) is 5.10. The lowest BCUT2D eigenvalue weighted by atomic mass is 10.2. The molecule has 0 bridgehead atoms. The van der Waals surface area contributed by atoms with Gasteiger partial charge in [-0.05, 0) is 18.2 Å². The Morgan fingerprint density at radius 2 is 1.81 bits per heavy atom. The number of benzene rings is 1. The van der Waals surface area contributed by atoms with Gasteiger partial charge in [-0.3, -0.25) is 15.1 Å². The lowest BCUT2D eigenvalue weighted by Gasteiger charge is -2.25. The minimum Gasteiger partial charge on any atom is -0.337 e. The summed E-state index contributed by atoms with van der Waals surface area (Å²) in [5, 5.41) is 10.7. The standard InChI is InChI=1S/C14H15N7/c1-2-11-12(17-4-3-16-11)9-10(1)13-18-14(20-19-13)21-7-5-15-6-8-21/h1-4,9,15H,5-8H2,(H,18,19,20). The molecule has 1 aliphatic rings. The molecular weight excluding hydrogens is 266 g/mol. The van der Waals surface area contributed by atoms with Crippen molar-refractivity contribution in [1.29, 1.82) is 0 Å². The molecule has 4 rings (SSSR count). The third-order valence-electron chi connectivity index (χ3n) is 3.62. The van der Waals surface area contributed by atoms with Gasteiger partial charge < -0.3 is 10.2 Å². The molecule has 0 spiro atoms. The van der Waals surface area contributed by atoms with Crippen LogP contribution in [-0.2, 0) is 0 Å². The van der Waals surface area contributed by atoms with Gasteiger partial charge in [0.15, 0.2) is 5.82 Å². The van der Waals surface area contributed by atoms with E-state index in [0.29, 0.717) is 0 Å². The molecule has 1 aromatic carbocycles. The first-order chi connectivity index (χ1) is 10.4. The molecule has 7 nitrogen and oxygen atoms in total. The summed E-state index contributed by atoms with van der Waals surface area (Å²) in [6.45, 7) is 3.80. The van der Waals surface area contributed by atoms with Gasteiger partial charge in [-0.2, -0.15) is 4.98 Å². The van der Waals surface area contributed by atoms with E-state index in [1.165, 1.54) is 0 Å².